The Bertz CT molecular complexity index is 763. The largest absolute Gasteiger partial charge is 0.401 e. The zero-order valence-corrected chi connectivity index (χ0v) is 16.7. The fraction of sp³-hybridized carbons (Fsp3) is 0.619. The normalized spacial score (nSPS) is 21.3. The van der Waals surface area contributed by atoms with E-state index in [9.17, 15) is 27.2 Å². The van der Waals surface area contributed by atoms with Gasteiger partial charge in [0.1, 0.15) is 5.82 Å². The number of nitrogens with one attached hydrogen (secondary N) is 2. The van der Waals surface area contributed by atoms with Crippen LogP contribution in [0.3, 0.4) is 0 Å². The van der Waals surface area contributed by atoms with Gasteiger partial charge in [0, 0.05) is 18.2 Å². The Balaban J connectivity index is 1.60. The molecule has 9 heteroatoms. The van der Waals surface area contributed by atoms with E-state index in [0.29, 0.717) is 25.1 Å². The van der Waals surface area contributed by atoms with Crippen LogP contribution in [0.25, 0.3) is 0 Å². The second-order valence-corrected chi connectivity index (χ2v) is 8.20. The Hall–Kier alpha value is -2.16. The molecule has 0 aromatic heterocycles. The van der Waals surface area contributed by atoms with Crippen molar-refractivity contribution in [3.05, 3.63) is 24.0 Å². The second kappa shape index (κ2) is 9.76. The lowest BCUT2D eigenvalue weighted by molar-refractivity contribution is -0.151. The van der Waals surface area contributed by atoms with Crippen LogP contribution < -0.4 is 10.6 Å². The van der Waals surface area contributed by atoms with Gasteiger partial charge in [-0.15, -0.1) is 0 Å². The summed E-state index contributed by atoms with van der Waals surface area (Å²) in [5, 5.41) is 5.26. The van der Waals surface area contributed by atoms with Gasteiger partial charge in [-0.3, -0.25) is 14.5 Å². The number of carbonyl (C=O) groups excluding carboxylic acids is 2. The summed E-state index contributed by atoms with van der Waals surface area (Å²) >= 11 is 0. The maximum absolute atomic E-state index is 14.2. The van der Waals surface area contributed by atoms with Gasteiger partial charge in [-0.2, -0.15) is 13.2 Å². The molecule has 1 aromatic rings. The van der Waals surface area contributed by atoms with Crippen LogP contribution in [0.1, 0.15) is 44.9 Å². The summed E-state index contributed by atoms with van der Waals surface area (Å²) < 4.78 is 52.0. The van der Waals surface area contributed by atoms with Gasteiger partial charge in [-0.05, 0) is 50.4 Å². The van der Waals surface area contributed by atoms with Crippen LogP contribution >= 0.6 is 0 Å². The Morgan fingerprint density at radius 3 is 2.33 bits per heavy atom. The molecule has 1 saturated heterocycles. The molecule has 1 heterocycles. The van der Waals surface area contributed by atoms with Crippen molar-refractivity contribution < 1.29 is 27.2 Å². The number of benzene rings is 1. The number of rotatable bonds is 5. The number of alkyl halides is 3. The highest BCUT2D eigenvalue weighted by molar-refractivity contribution is 5.96. The highest BCUT2D eigenvalue weighted by Crippen LogP contribution is 2.27. The number of piperidine rings is 1. The van der Waals surface area contributed by atoms with E-state index < -0.39 is 30.4 Å². The summed E-state index contributed by atoms with van der Waals surface area (Å²) in [5.74, 6) is -1.96. The number of amides is 2. The first-order valence-corrected chi connectivity index (χ1v) is 10.4. The van der Waals surface area contributed by atoms with E-state index in [2.05, 4.69) is 10.6 Å². The quantitative estimate of drug-likeness (QED) is 0.675. The van der Waals surface area contributed by atoms with Crippen LogP contribution in [-0.2, 0) is 9.59 Å². The Kier molecular flexibility index (Phi) is 7.33. The van der Waals surface area contributed by atoms with Gasteiger partial charge in [-0.1, -0.05) is 19.3 Å². The van der Waals surface area contributed by atoms with Crippen molar-refractivity contribution in [3.8, 4) is 0 Å². The third-order valence-corrected chi connectivity index (χ3v) is 5.75. The molecule has 2 fully saturated rings. The van der Waals surface area contributed by atoms with Gasteiger partial charge >= 0.3 is 6.18 Å². The minimum Gasteiger partial charge on any atom is -0.326 e. The number of hydrogen-bond acceptors (Lipinski definition) is 3. The monoisotopic (exact) mass is 429 g/mol. The fourth-order valence-corrected chi connectivity index (χ4v) is 4.21. The third kappa shape index (κ3) is 6.42. The third-order valence-electron chi connectivity index (χ3n) is 5.75. The number of anilines is 2. The highest BCUT2D eigenvalue weighted by Gasteiger charge is 2.34. The van der Waals surface area contributed by atoms with E-state index in [1.807, 2.05) is 0 Å². The van der Waals surface area contributed by atoms with Gasteiger partial charge in [0.05, 0.1) is 18.2 Å². The van der Waals surface area contributed by atoms with Crippen LogP contribution in [0.5, 0.6) is 0 Å². The zero-order chi connectivity index (χ0) is 21.7. The molecule has 1 aliphatic heterocycles. The van der Waals surface area contributed by atoms with Crippen molar-refractivity contribution in [1.29, 1.82) is 0 Å². The number of likely N-dealkylation sites (tertiary alicyclic amines) is 1. The highest BCUT2D eigenvalue weighted by atomic mass is 19.4. The van der Waals surface area contributed by atoms with E-state index in [4.69, 9.17) is 0 Å². The predicted molar refractivity (Wildman–Crippen MR) is 105 cm³/mol. The number of hydrogen-bond donors (Lipinski definition) is 2. The molecule has 30 heavy (non-hydrogen) atoms. The fourth-order valence-electron chi connectivity index (χ4n) is 4.21. The summed E-state index contributed by atoms with van der Waals surface area (Å²) in [4.78, 5) is 26.2. The average molecular weight is 429 g/mol. The molecule has 0 spiro atoms. The number of carbonyl (C=O) groups is 2. The summed E-state index contributed by atoms with van der Waals surface area (Å²) in [6, 6.07) is 3.88. The molecule has 1 atom stereocenters. The first-order valence-electron chi connectivity index (χ1n) is 10.4. The van der Waals surface area contributed by atoms with E-state index >= 15 is 0 Å². The Labute approximate surface area is 173 Å². The van der Waals surface area contributed by atoms with Crippen LogP contribution in [0.2, 0.25) is 0 Å². The van der Waals surface area contributed by atoms with Crippen LogP contribution in [0.15, 0.2) is 18.2 Å². The number of halogens is 4. The van der Waals surface area contributed by atoms with Crippen LogP contribution in [0, 0.1) is 17.7 Å². The first-order chi connectivity index (χ1) is 14.2. The molecular weight excluding hydrogens is 402 g/mol. The van der Waals surface area contributed by atoms with E-state index in [1.54, 1.807) is 0 Å². The molecule has 166 valence electrons. The molecular formula is C21H27F4N3O2. The average Bonchev–Trinajstić information content (AvgIpc) is 2.70. The molecule has 2 N–H and O–H groups in total. The van der Waals surface area contributed by atoms with Gasteiger partial charge in [-0.25, -0.2) is 4.39 Å². The molecule has 1 aromatic carbocycles. The van der Waals surface area contributed by atoms with Crippen molar-refractivity contribution >= 4 is 23.2 Å². The minimum atomic E-state index is -4.30. The first kappa shape index (κ1) is 22.5. The summed E-state index contributed by atoms with van der Waals surface area (Å²) in [7, 11) is 0. The van der Waals surface area contributed by atoms with E-state index in [-0.39, 0.29) is 24.1 Å². The molecule has 3 rings (SSSR count). The number of nitrogens with zero attached hydrogens (tertiary/aromatic N) is 1. The van der Waals surface area contributed by atoms with Crippen LogP contribution in [-0.4, -0.2) is 42.5 Å². The van der Waals surface area contributed by atoms with Crippen molar-refractivity contribution in [1.82, 2.24) is 4.90 Å². The standard InChI is InChI=1S/C21H27F4N3O2/c22-17-9-8-16(11-18(17)27-19(29)14-5-2-1-3-6-14)26-20(30)15-7-4-10-28(12-15)13-21(23,24)25/h8-9,11,14-15H,1-7,10,12-13H2,(H,26,30)(H,27,29)/t15-/m1/s1. The molecule has 2 aliphatic rings. The molecule has 0 radical (unpaired) electrons. The SMILES string of the molecule is O=C(Nc1cc(NC(=O)[C@@H]2CCCN(CC(F)(F)F)C2)ccc1F)C1CCCCC1. The zero-order valence-electron chi connectivity index (χ0n) is 16.7. The lowest BCUT2D eigenvalue weighted by Crippen LogP contribution is -2.44. The lowest BCUT2D eigenvalue weighted by atomic mass is 9.88. The van der Waals surface area contributed by atoms with Gasteiger partial charge in [0.2, 0.25) is 11.8 Å². The summed E-state index contributed by atoms with van der Waals surface area (Å²) in [6.07, 6.45) is 1.29. The van der Waals surface area contributed by atoms with Crippen molar-refractivity contribution in [3.63, 3.8) is 0 Å². The Morgan fingerprint density at radius 2 is 1.63 bits per heavy atom. The van der Waals surface area contributed by atoms with Crippen molar-refractivity contribution in [2.24, 2.45) is 11.8 Å². The Morgan fingerprint density at radius 1 is 0.967 bits per heavy atom. The molecule has 1 saturated carbocycles. The lowest BCUT2D eigenvalue weighted by Gasteiger charge is -2.32. The topological polar surface area (TPSA) is 61.4 Å². The maximum atomic E-state index is 14.2. The van der Waals surface area contributed by atoms with Crippen molar-refractivity contribution in [2.45, 2.75) is 51.1 Å². The molecule has 2 amide bonds. The second-order valence-electron chi connectivity index (χ2n) is 8.20. The van der Waals surface area contributed by atoms with E-state index in [1.165, 1.54) is 17.0 Å². The maximum Gasteiger partial charge on any atom is 0.401 e. The van der Waals surface area contributed by atoms with Crippen molar-refractivity contribution in [2.75, 3.05) is 30.3 Å². The molecule has 0 unspecified atom stereocenters. The van der Waals surface area contributed by atoms with Gasteiger partial charge in [0.15, 0.2) is 0 Å². The minimum absolute atomic E-state index is 0.00860. The predicted octanol–water partition coefficient (Wildman–Crippen LogP) is 4.56. The van der Waals surface area contributed by atoms with Crippen LogP contribution in [0.4, 0.5) is 28.9 Å². The van der Waals surface area contributed by atoms with E-state index in [0.717, 1.165) is 38.2 Å². The smallest absolute Gasteiger partial charge is 0.326 e. The molecule has 1 aliphatic carbocycles. The van der Waals surface area contributed by atoms with Gasteiger partial charge in [0.25, 0.3) is 0 Å². The molecule has 0 bridgehead atoms. The summed E-state index contributed by atoms with van der Waals surface area (Å²) in [5.41, 5.74) is 0.291. The molecule has 5 nitrogen and oxygen atoms in total. The summed E-state index contributed by atoms with van der Waals surface area (Å²) in [6.45, 7) is -0.709. The van der Waals surface area contributed by atoms with Gasteiger partial charge < -0.3 is 10.6 Å².